The van der Waals surface area contributed by atoms with Crippen LogP contribution in [0.4, 0.5) is 0 Å². The van der Waals surface area contributed by atoms with Crippen LogP contribution in [-0.4, -0.2) is 94.5 Å². The Balaban J connectivity index is 0.00000729. The number of hydrogen-bond acceptors (Lipinski definition) is 5. The fourth-order valence-electron chi connectivity index (χ4n) is 2.77. The van der Waals surface area contributed by atoms with Crippen molar-refractivity contribution in [1.82, 2.24) is 14.5 Å². The Bertz CT molecular complexity index is 524. The molecule has 0 bridgehead atoms. The zero-order chi connectivity index (χ0) is 20.1. The van der Waals surface area contributed by atoms with Crippen molar-refractivity contribution >= 4 is 40.0 Å². The molecule has 8 nitrogen and oxygen atoms in total. The van der Waals surface area contributed by atoms with Crippen molar-refractivity contribution in [1.29, 1.82) is 0 Å². The molecule has 1 aliphatic rings. The number of halogens is 1. The molecule has 0 spiro atoms. The van der Waals surface area contributed by atoms with E-state index in [2.05, 4.69) is 15.2 Å². The molecule has 1 saturated heterocycles. The number of nitrogens with one attached hydrogen (secondary N) is 1. The largest absolute Gasteiger partial charge is 0.382 e. The number of ether oxygens (including phenoxy) is 2. The van der Waals surface area contributed by atoms with E-state index in [4.69, 9.17) is 9.47 Å². The number of nitrogens with zero attached hydrogens (tertiary/aromatic N) is 3. The summed E-state index contributed by atoms with van der Waals surface area (Å²) in [4.78, 5) is 6.82. The molecule has 0 aromatic heterocycles. The lowest BCUT2D eigenvalue weighted by Gasteiger charge is -2.36. The van der Waals surface area contributed by atoms with Crippen molar-refractivity contribution in [3.05, 3.63) is 0 Å². The quantitative estimate of drug-likeness (QED) is 0.178. The molecule has 1 fully saturated rings. The second-order valence-electron chi connectivity index (χ2n) is 6.76. The van der Waals surface area contributed by atoms with Gasteiger partial charge in [0, 0.05) is 52.5 Å². The minimum atomic E-state index is -3.26. The Morgan fingerprint density at radius 1 is 1.11 bits per heavy atom. The summed E-state index contributed by atoms with van der Waals surface area (Å²) in [5.41, 5.74) is 0. The first kappa shape index (κ1) is 27.8. The summed E-state index contributed by atoms with van der Waals surface area (Å²) in [6.45, 7) is 13.4. The third-order valence-corrected chi connectivity index (χ3v) is 6.06. The third-order valence-electron chi connectivity index (χ3n) is 4.22. The molecule has 1 heterocycles. The summed E-state index contributed by atoms with van der Waals surface area (Å²) in [6, 6.07) is 0. The van der Waals surface area contributed by atoms with Gasteiger partial charge in [-0.15, -0.1) is 24.0 Å². The fourth-order valence-corrected chi connectivity index (χ4v) is 4.05. The molecular weight excluding hydrogens is 495 g/mol. The van der Waals surface area contributed by atoms with E-state index in [0.29, 0.717) is 26.2 Å². The molecule has 0 atom stereocenters. The molecule has 1 aliphatic heterocycles. The summed E-state index contributed by atoms with van der Waals surface area (Å²) < 4.78 is 37.2. The molecule has 1 rings (SSSR count). The number of sulfonamides is 1. The van der Waals surface area contributed by atoms with Crippen molar-refractivity contribution in [3.8, 4) is 0 Å². The van der Waals surface area contributed by atoms with Crippen LogP contribution in [0.1, 0.15) is 40.5 Å². The lowest BCUT2D eigenvalue weighted by atomic mass is 10.3. The summed E-state index contributed by atoms with van der Waals surface area (Å²) in [7, 11) is -3.26. The average Bonchev–Trinajstić information content (AvgIpc) is 2.63. The molecule has 168 valence electrons. The summed E-state index contributed by atoms with van der Waals surface area (Å²) in [5, 5.41) is 3.31. The van der Waals surface area contributed by atoms with E-state index in [1.165, 1.54) is 0 Å². The van der Waals surface area contributed by atoms with Crippen LogP contribution in [0.25, 0.3) is 0 Å². The van der Waals surface area contributed by atoms with Gasteiger partial charge < -0.3 is 19.7 Å². The first-order valence-electron chi connectivity index (χ1n) is 10.1. The van der Waals surface area contributed by atoms with Gasteiger partial charge in [0.25, 0.3) is 0 Å². The normalized spacial score (nSPS) is 16.3. The van der Waals surface area contributed by atoms with E-state index in [1.54, 1.807) is 4.31 Å². The molecular formula is C18H39IN4O4S. The molecule has 0 aromatic carbocycles. The average molecular weight is 535 g/mol. The number of hydrogen-bond donors (Lipinski definition) is 1. The van der Waals surface area contributed by atoms with Crippen LogP contribution < -0.4 is 5.32 Å². The second kappa shape index (κ2) is 15.6. The highest BCUT2D eigenvalue weighted by molar-refractivity contribution is 14.0. The Morgan fingerprint density at radius 3 is 2.36 bits per heavy atom. The zero-order valence-corrected chi connectivity index (χ0v) is 21.0. The maximum atomic E-state index is 12.4. The van der Waals surface area contributed by atoms with Crippen LogP contribution in [0.15, 0.2) is 4.99 Å². The van der Waals surface area contributed by atoms with Gasteiger partial charge in [-0.05, 0) is 40.5 Å². The van der Waals surface area contributed by atoms with Crippen molar-refractivity contribution in [2.24, 2.45) is 4.99 Å². The van der Waals surface area contributed by atoms with E-state index in [-0.39, 0.29) is 42.4 Å². The van der Waals surface area contributed by atoms with Gasteiger partial charge in [0.05, 0.1) is 18.5 Å². The van der Waals surface area contributed by atoms with Gasteiger partial charge in [-0.2, -0.15) is 4.31 Å². The van der Waals surface area contributed by atoms with Gasteiger partial charge in [-0.3, -0.25) is 4.99 Å². The van der Waals surface area contributed by atoms with E-state index < -0.39 is 10.0 Å². The van der Waals surface area contributed by atoms with Crippen molar-refractivity contribution in [2.75, 3.05) is 64.8 Å². The Kier molecular flexibility index (Phi) is 15.5. The smallest absolute Gasteiger partial charge is 0.216 e. The number of guanidine groups is 1. The predicted molar refractivity (Wildman–Crippen MR) is 125 cm³/mol. The molecule has 0 aliphatic carbocycles. The Labute approximate surface area is 188 Å². The lowest BCUT2D eigenvalue weighted by Crippen LogP contribution is -2.54. The molecule has 0 saturated carbocycles. The Morgan fingerprint density at radius 2 is 1.79 bits per heavy atom. The molecule has 0 unspecified atom stereocenters. The molecule has 0 radical (unpaired) electrons. The van der Waals surface area contributed by atoms with Gasteiger partial charge >= 0.3 is 0 Å². The van der Waals surface area contributed by atoms with Crippen LogP contribution >= 0.6 is 24.0 Å². The topological polar surface area (TPSA) is 83.5 Å². The van der Waals surface area contributed by atoms with Crippen LogP contribution in [0, 0.1) is 0 Å². The second-order valence-corrected chi connectivity index (χ2v) is 8.85. The van der Waals surface area contributed by atoms with Crippen LogP contribution in [-0.2, 0) is 19.5 Å². The first-order valence-corrected chi connectivity index (χ1v) is 11.7. The van der Waals surface area contributed by atoms with Gasteiger partial charge in [-0.1, -0.05) is 0 Å². The molecule has 1 N–H and O–H groups in total. The van der Waals surface area contributed by atoms with Crippen LogP contribution in [0.3, 0.4) is 0 Å². The summed E-state index contributed by atoms with van der Waals surface area (Å²) in [5.74, 6) is 0.910. The first-order chi connectivity index (χ1) is 12.9. The number of piperazine rings is 1. The molecule has 10 heteroatoms. The van der Waals surface area contributed by atoms with E-state index in [9.17, 15) is 8.42 Å². The van der Waals surface area contributed by atoms with E-state index >= 15 is 0 Å². The molecule has 0 amide bonds. The minimum absolute atomic E-state index is 0. The summed E-state index contributed by atoms with van der Waals surface area (Å²) >= 11 is 0. The van der Waals surface area contributed by atoms with Crippen molar-refractivity contribution in [3.63, 3.8) is 0 Å². The standard InChI is InChI=1S/C18H38N4O4S.HI/c1-5-19-18(20-9-7-8-14-25-6-2)21-10-12-22(13-11-21)27(23,24)16-15-26-17(3)4;/h17H,5-16H2,1-4H3,(H,19,20);1H. The third kappa shape index (κ3) is 11.1. The number of aliphatic imine (C=N–C) groups is 1. The molecule has 0 aromatic rings. The minimum Gasteiger partial charge on any atom is -0.382 e. The monoisotopic (exact) mass is 534 g/mol. The van der Waals surface area contributed by atoms with Crippen LogP contribution in [0.2, 0.25) is 0 Å². The van der Waals surface area contributed by atoms with Gasteiger partial charge in [0.1, 0.15) is 0 Å². The van der Waals surface area contributed by atoms with Gasteiger partial charge in [-0.25, -0.2) is 8.42 Å². The van der Waals surface area contributed by atoms with Crippen molar-refractivity contribution in [2.45, 2.75) is 46.6 Å². The van der Waals surface area contributed by atoms with Crippen LogP contribution in [0.5, 0.6) is 0 Å². The molecule has 28 heavy (non-hydrogen) atoms. The summed E-state index contributed by atoms with van der Waals surface area (Å²) in [6.07, 6.45) is 2.03. The number of unbranched alkanes of at least 4 members (excludes halogenated alkanes) is 1. The Hall–Kier alpha value is -0.170. The SMILES string of the molecule is CCNC(=NCCCCOCC)N1CCN(S(=O)(=O)CCOC(C)C)CC1.I. The lowest BCUT2D eigenvalue weighted by molar-refractivity contribution is 0.0904. The predicted octanol–water partition coefficient (Wildman–Crippen LogP) is 1.76. The maximum absolute atomic E-state index is 12.4. The van der Waals surface area contributed by atoms with Gasteiger partial charge in [0.2, 0.25) is 10.0 Å². The van der Waals surface area contributed by atoms with E-state index in [0.717, 1.165) is 45.1 Å². The highest BCUT2D eigenvalue weighted by atomic mass is 127. The van der Waals surface area contributed by atoms with E-state index in [1.807, 2.05) is 27.7 Å². The number of rotatable bonds is 12. The highest BCUT2D eigenvalue weighted by Crippen LogP contribution is 2.09. The van der Waals surface area contributed by atoms with Gasteiger partial charge in [0.15, 0.2) is 5.96 Å². The highest BCUT2D eigenvalue weighted by Gasteiger charge is 2.27. The fraction of sp³-hybridized carbons (Fsp3) is 0.944. The zero-order valence-electron chi connectivity index (χ0n) is 17.9. The van der Waals surface area contributed by atoms with Crippen molar-refractivity contribution < 1.29 is 17.9 Å². The maximum Gasteiger partial charge on any atom is 0.216 e.